The zero-order valence-corrected chi connectivity index (χ0v) is 22.8. The lowest BCUT2D eigenvalue weighted by Gasteiger charge is -2.41. The molecule has 2 aliphatic rings. The minimum atomic E-state index is -2.78. The van der Waals surface area contributed by atoms with E-state index in [1.54, 1.807) is 12.3 Å². The molecular weight excluding hydrogens is 526 g/mol. The number of aromatic amines is 1. The van der Waals surface area contributed by atoms with Crippen molar-refractivity contribution in [3.63, 3.8) is 0 Å². The van der Waals surface area contributed by atoms with Crippen LogP contribution < -0.4 is 21.1 Å². The van der Waals surface area contributed by atoms with Crippen LogP contribution >= 0.6 is 10.0 Å². The first-order valence-corrected chi connectivity index (χ1v) is 14.9. The van der Waals surface area contributed by atoms with Gasteiger partial charge in [0.15, 0.2) is 0 Å². The zero-order chi connectivity index (χ0) is 27.9. The summed E-state index contributed by atoms with van der Waals surface area (Å²) in [5, 5.41) is 6.43. The molecule has 1 fully saturated rings. The molecule has 4 aromatic rings. The highest BCUT2D eigenvalue weighted by Gasteiger charge is 2.53. The molecule has 1 saturated heterocycles. The molecule has 0 saturated carbocycles. The number of hydrogen-bond acceptors (Lipinski definition) is 7. The molecule has 3 N–H and O–H groups in total. The molecule has 9 nitrogen and oxygen atoms in total. The Balaban J connectivity index is 1.54. The first kappa shape index (κ1) is 26.0. The maximum atomic E-state index is 14.2. The second-order valence-corrected chi connectivity index (χ2v) is 12.9. The number of carbonyl (C=O) groups excluding carboxylic acids is 2. The Labute approximate surface area is 232 Å². The fourth-order valence-electron chi connectivity index (χ4n) is 5.66. The number of nitrogens with one attached hydrogen (secondary N) is 3. The molecule has 40 heavy (non-hydrogen) atoms. The van der Waals surface area contributed by atoms with Gasteiger partial charge in [0.1, 0.15) is 21.9 Å². The number of para-hydroxylation sites is 1. The molecule has 0 aliphatic carbocycles. The van der Waals surface area contributed by atoms with Crippen LogP contribution in [0.3, 0.4) is 0 Å². The van der Waals surface area contributed by atoms with Crippen LogP contribution in [0, 0.1) is 12.8 Å². The van der Waals surface area contributed by atoms with Gasteiger partial charge in [-0.25, -0.2) is 9.78 Å². The van der Waals surface area contributed by atoms with E-state index in [4.69, 9.17) is 9.72 Å². The molecule has 2 aliphatic heterocycles. The van der Waals surface area contributed by atoms with Crippen molar-refractivity contribution in [1.82, 2.24) is 25.6 Å². The fraction of sp³-hybridized carbons (Fsp3) is 0.233. The number of carbonyl (C=O) groups is 2. The third-order valence-electron chi connectivity index (χ3n) is 7.45. The second kappa shape index (κ2) is 10.4. The van der Waals surface area contributed by atoms with Crippen molar-refractivity contribution in [3.8, 4) is 11.5 Å². The number of aromatic nitrogens is 3. The highest BCUT2D eigenvalue weighted by Crippen LogP contribution is 2.76. The van der Waals surface area contributed by atoms with Gasteiger partial charge in [0.25, 0.3) is 0 Å². The third kappa shape index (κ3) is 4.20. The number of pyridine rings is 1. The highest BCUT2D eigenvalue weighted by molar-refractivity contribution is 8.46. The van der Waals surface area contributed by atoms with Crippen molar-refractivity contribution in [2.45, 2.75) is 35.1 Å². The van der Waals surface area contributed by atoms with Gasteiger partial charge >= 0.3 is 5.69 Å². The third-order valence-corrected chi connectivity index (χ3v) is 11.4. The molecule has 3 unspecified atom stereocenters. The van der Waals surface area contributed by atoms with E-state index < -0.39 is 21.1 Å². The normalized spacial score (nSPS) is 23.2. The lowest BCUT2D eigenvalue weighted by Crippen LogP contribution is -2.43. The van der Waals surface area contributed by atoms with E-state index in [1.165, 1.54) is 6.08 Å². The Kier molecular flexibility index (Phi) is 6.73. The lowest BCUT2D eigenvalue weighted by atomic mass is 9.99. The summed E-state index contributed by atoms with van der Waals surface area (Å²) in [6.45, 7) is 7.16. The minimum Gasteiger partial charge on any atom is -0.457 e. The fourth-order valence-corrected chi connectivity index (χ4v) is 9.68. The topological polar surface area (TPSA) is 126 Å². The van der Waals surface area contributed by atoms with Gasteiger partial charge in [0, 0.05) is 17.6 Å². The summed E-state index contributed by atoms with van der Waals surface area (Å²) in [5.74, 6) is 0.867. The van der Waals surface area contributed by atoms with Gasteiger partial charge in [-0.2, -0.15) is 4.98 Å². The average Bonchev–Trinajstić information content (AvgIpc) is 3.24. The molecule has 204 valence electrons. The number of piperidine rings is 1. The van der Waals surface area contributed by atoms with E-state index in [0.29, 0.717) is 44.6 Å². The first-order chi connectivity index (χ1) is 19.4. The summed E-state index contributed by atoms with van der Waals surface area (Å²) in [7, 11) is -2.78. The average molecular weight is 556 g/mol. The maximum absolute atomic E-state index is 14.2. The first-order valence-electron chi connectivity index (χ1n) is 13.2. The summed E-state index contributed by atoms with van der Waals surface area (Å²) in [6.07, 6.45) is 4.47. The van der Waals surface area contributed by atoms with Crippen LogP contribution in [0.25, 0.3) is 10.9 Å². The van der Waals surface area contributed by atoms with Gasteiger partial charge in [-0.15, -0.1) is 0 Å². The number of hydrogen-bond donors (Lipinski definition) is 3. The Morgan fingerprint density at radius 2 is 1.98 bits per heavy atom. The molecule has 2 aromatic heterocycles. The molecule has 0 radical (unpaired) electrons. The molecular formula is C30H29N5O4S. The van der Waals surface area contributed by atoms with Crippen molar-refractivity contribution in [2.75, 3.05) is 13.1 Å². The van der Waals surface area contributed by atoms with Gasteiger partial charge in [0.2, 0.25) is 11.0 Å². The van der Waals surface area contributed by atoms with Gasteiger partial charge in [0.05, 0.1) is 22.5 Å². The standard InChI is InChI=1S/C30H29N5O4S/c1-3-24(36)40(23-12-11-21(16-18(23)2)39-20-9-5-4-6-10-20)28-25-22(13-15-32-28)33-30(38)34-26(25)29(40)35-27(37)19-8-7-14-31-17-19/h3-6,9-13,15-16,19,29,31H,1,7-8,14,17H2,2H3,(H,35,37)(H,33,34,38). The van der Waals surface area contributed by atoms with Crippen molar-refractivity contribution >= 4 is 32.0 Å². The highest BCUT2D eigenvalue weighted by atomic mass is 32.3. The summed E-state index contributed by atoms with van der Waals surface area (Å²) in [5.41, 5.74) is 1.11. The summed E-state index contributed by atoms with van der Waals surface area (Å²) in [6, 6.07) is 16.6. The smallest absolute Gasteiger partial charge is 0.345 e. The monoisotopic (exact) mass is 555 g/mol. The van der Waals surface area contributed by atoms with Crippen LogP contribution in [0.5, 0.6) is 11.5 Å². The number of nitrogens with zero attached hydrogens (tertiary/aromatic N) is 2. The van der Waals surface area contributed by atoms with Crippen LogP contribution in [0.15, 0.2) is 88.2 Å². The van der Waals surface area contributed by atoms with Crippen molar-refractivity contribution in [1.29, 1.82) is 0 Å². The number of benzene rings is 2. The second-order valence-electron chi connectivity index (χ2n) is 9.92. The number of amides is 1. The predicted octanol–water partition coefficient (Wildman–Crippen LogP) is 4.48. The molecule has 3 atom stereocenters. The van der Waals surface area contributed by atoms with Gasteiger partial charge in [-0.3, -0.25) is 9.59 Å². The molecule has 10 heteroatoms. The minimum absolute atomic E-state index is 0.175. The predicted molar refractivity (Wildman–Crippen MR) is 154 cm³/mol. The van der Waals surface area contributed by atoms with E-state index >= 15 is 0 Å². The van der Waals surface area contributed by atoms with E-state index in [0.717, 1.165) is 24.9 Å². The Morgan fingerprint density at radius 3 is 2.70 bits per heavy atom. The van der Waals surface area contributed by atoms with E-state index in [2.05, 4.69) is 27.2 Å². The van der Waals surface area contributed by atoms with Crippen molar-refractivity contribution in [3.05, 3.63) is 95.2 Å². The summed E-state index contributed by atoms with van der Waals surface area (Å²) >= 11 is 0. The molecule has 2 aromatic carbocycles. The van der Waals surface area contributed by atoms with E-state index in [9.17, 15) is 14.4 Å². The molecule has 0 spiro atoms. The number of aryl methyl sites for hydroxylation is 1. The van der Waals surface area contributed by atoms with Gasteiger partial charge in [-0.05, 0) is 74.3 Å². The van der Waals surface area contributed by atoms with Crippen molar-refractivity contribution in [2.24, 2.45) is 5.92 Å². The SMILES string of the molecule is C=CC(=O)S1(c2ccc(Oc3ccccc3)cc2C)c2nccc3nc(=O)[nH]c(c23)C1NC(=O)C1CCCNC1. The molecule has 0 bridgehead atoms. The van der Waals surface area contributed by atoms with Gasteiger partial charge < -0.3 is 20.4 Å². The summed E-state index contributed by atoms with van der Waals surface area (Å²) < 4.78 is 6.06. The van der Waals surface area contributed by atoms with E-state index in [1.807, 2.05) is 55.5 Å². The maximum Gasteiger partial charge on any atom is 0.345 e. The zero-order valence-electron chi connectivity index (χ0n) is 22.0. The van der Waals surface area contributed by atoms with Gasteiger partial charge in [-0.1, -0.05) is 34.8 Å². The Bertz CT molecular complexity index is 1700. The Hall–Kier alpha value is -4.28. The van der Waals surface area contributed by atoms with Crippen molar-refractivity contribution < 1.29 is 14.3 Å². The van der Waals surface area contributed by atoms with Crippen LogP contribution in [-0.2, 0) is 9.59 Å². The van der Waals surface area contributed by atoms with Crippen LogP contribution in [0.4, 0.5) is 0 Å². The number of rotatable bonds is 6. The number of ether oxygens (including phenoxy) is 1. The quantitative estimate of drug-likeness (QED) is 0.300. The molecule has 4 heterocycles. The van der Waals surface area contributed by atoms with Crippen LogP contribution in [0.2, 0.25) is 0 Å². The summed E-state index contributed by atoms with van der Waals surface area (Å²) in [4.78, 5) is 53.0. The molecule has 6 rings (SSSR count). The van der Waals surface area contributed by atoms with Crippen LogP contribution in [0.1, 0.15) is 29.5 Å². The largest absolute Gasteiger partial charge is 0.457 e. The van der Waals surface area contributed by atoms with Crippen LogP contribution in [-0.4, -0.2) is 39.1 Å². The van der Waals surface area contributed by atoms with E-state index in [-0.39, 0.29) is 16.9 Å². The Morgan fingerprint density at radius 1 is 1.15 bits per heavy atom. The molecule has 1 amide bonds. The lowest BCUT2D eigenvalue weighted by molar-refractivity contribution is -0.125. The number of H-pyrrole nitrogens is 1.